The van der Waals surface area contributed by atoms with Crippen LogP contribution in [-0.2, 0) is 11.3 Å². The number of amides is 3. The SMILES string of the molecule is CCN(CCn1cccn1)C(=O)Nc1ccc(F)c(NC(C)=O)c1. The molecule has 7 nitrogen and oxygen atoms in total. The Hall–Kier alpha value is -2.90. The number of likely N-dealkylation sites (N-methyl/N-ethyl adjacent to an activating group) is 1. The highest BCUT2D eigenvalue weighted by Gasteiger charge is 2.13. The minimum Gasteiger partial charge on any atom is -0.324 e. The van der Waals surface area contributed by atoms with E-state index in [9.17, 15) is 14.0 Å². The topological polar surface area (TPSA) is 79.3 Å². The summed E-state index contributed by atoms with van der Waals surface area (Å²) in [5.74, 6) is -0.944. The van der Waals surface area contributed by atoms with Gasteiger partial charge in [-0.25, -0.2) is 9.18 Å². The van der Waals surface area contributed by atoms with Gasteiger partial charge in [0.2, 0.25) is 5.91 Å². The van der Waals surface area contributed by atoms with Gasteiger partial charge in [-0.3, -0.25) is 9.48 Å². The maximum Gasteiger partial charge on any atom is 0.321 e. The lowest BCUT2D eigenvalue weighted by atomic mass is 10.2. The number of benzene rings is 1. The molecule has 0 atom stereocenters. The van der Waals surface area contributed by atoms with Gasteiger partial charge in [0.25, 0.3) is 0 Å². The molecule has 24 heavy (non-hydrogen) atoms. The number of hydrogen-bond acceptors (Lipinski definition) is 3. The molecule has 0 spiro atoms. The highest BCUT2D eigenvalue weighted by atomic mass is 19.1. The number of carbonyl (C=O) groups is 2. The van der Waals surface area contributed by atoms with Gasteiger partial charge in [0.1, 0.15) is 5.82 Å². The standard InChI is InChI=1S/C16H20FN5O2/c1-3-21(9-10-22-8-4-7-18-22)16(24)20-13-5-6-14(17)15(11-13)19-12(2)23/h4-8,11H,3,9-10H2,1-2H3,(H,19,23)(H,20,24). The molecule has 8 heteroatoms. The summed E-state index contributed by atoms with van der Waals surface area (Å²) in [5.41, 5.74) is 0.433. The van der Waals surface area contributed by atoms with Gasteiger partial charge in [-0.1, -0.05) is 0 Å². The highest BCUT2D eigenvalue weighted by Crippen LogP contribution is 2.20. The Morgan fingerprint density at radius 3 is 2.75 bits per heavy atom. The first-order valence-corrected chi connectivity index (χ1v) is 7.60. The van der Waals surface area contributed by atoms with E-state index < -0.39 is 5.82 Å². The molecule has 1 aromatic heterocycles. The zero-order valence-corrected chi connectivity index (χ0v) is 13.6. The van der Waals surface area contributed by atoms with E-state index in [1.54, 1.807) is 15.8 Å². The first-order chi connectivity index (χ1) is 11.5. The Morgan fingerprint density at radius 1 is 1.33 bits per heavy atom. The minimum atomic E-state index is -0.561. The van der Waals surface area contributed by atoms with Crippen LogP contribution < -0.4 is 10.6 Å². The molecule has 2 aromatic rings. The largest absolute Gasteiger partial charge is 0.324 e. The van der Waals surface area contributed by atoms with Gasteiger partial charge in [-0.05, 0) is 31.2 Å². The van der Waals surface area contributed by atoms with E-state index in [0.29, 0.717) is 25.3 Å². The molecule has 1 aromatic carbocycles. The fraction of sp³-hybridized carbons (Fsp3) is 0.312. The lowest BCUT2D eigenvalue weighted by Crippen LogP contribution is -2.37. The molecule has 0 fully saturated rings. The Morgan fingerprint density at radius 2 is 2.12 bits per heavy atom. The number of halogens is 1. The molecule has 0 aliphatic heterocycles. The van der Waals surface area contributed by atoms with Crippen molar-refractivity contribution in [2.24, 2.45) is 0 Å². The van der Waals surface area contributed by atoms with Crippen molar-refractivity contribution in [3.63, 3.8) is 0 Å². The molecule has 0 aliphatic carbocycles. The van der Waals surface area contributed by atoms with Crippen molar-refractivity contribution < 1.29 is 14.0 Å². The summed E-state index contributed by atoms with van der Waals surface area (Å²) in [4.78, 5) is 25.0. The molecule has 0 bridgehead atoms. The van der Waals surface area contributed by atoms with Crippen LogP contribution in [0.15, 0.2) is 36.7 Å². The molecule has 0 aliphatic rings. The third-order valence-corrected chi connectivity index (χ3v) is 3.36. The van der Waals surface area contributed by atoms with Gasteiger partial charge >= 0.3 is 6.03 Å². The van der Waals surface area contributed by atoms with Crippen LogP contribution in [-0.4, -0.2) is 39.7 Å². The summed E-state index contributed by atoms with van der Waals surface area (Å²) in [7, 11) is 0. The minimum absolute atomic E-state index is 0.0277. The van der Waals surface area contributed by atoms with Crippen LogP contribution in [0.25, 0.3) is 0 Å². The third-order valence-electron chi connectivity index (χ3n) is 3.36. The van der Waals surface area contributed by atoms with Crippen molar-refractivity contribution in [1.29, 1.82) is 0 Å². The molecular weight excluding hydrogens is 313 g/mol. The number of rotatable bonds is 6. The lowest BCUT2D eigenvalue weighted by molar-refractivity contribution is -0.114. The van der Waals surface area contributed by atoms with Gasteiger partial charge in [0, 0.05) is 38.1 Å². The van der Waals surface area contributed by atoms with E-state index in [1.807, 2.05) is 19.2 Å². The van der Waals surface area contributed by atoms with Crippen LogP contribution >= 0.6 is 0 Å². The quantitative estimate of drug-likeness (QED) is 0.852. The van der Waals surface area contributed by atoms with E-state index in [1.165, 1.54) is 25.1 Å². The van der Waals surface area contributed by atoms with Gasteiger partial charge in [-0.2, -0.15) is 5.10 Å². The molecular formula is C16H20FN5O2. The molecule has 0 radical (unpaired) electrons. The molecule has 0 unspecified atom stereocenters. The monoisotopic (exact) mass is 333 g/mol. The van der Waals surface area contributed by atoms with Gasteiger partial charge in [0.15, 0.2) is 0 Å². The number of carbonyl (C=O) groups excluding carboxylic acids is 2. The van der Waals surface area contributed by atoms with Crippen LogP contribution in [0, 0.1) is 5.82 Å². The maximum absolute atomic E-state index is 13.6. The van der Waals surface area contributed by atoms with Crippen molar-refractivity contribution in [3.8, 4) is 0 Å². The first-order valence-electron chi connectivity index (χ1n) is 7.60. The van der Waals surface area contributed by atoms with Crippen molar-refractivity contribution in [2.75, 3.05) is 23.7 Å². The maximum atomic E-state index is 13.6. The highest BCUT2D eigenvalue weighted by molar-refractivity contribution is 5.92. The molecule has 128 valence electrons. The molecule has 0 saturated heterocycles. The number of urea groups is 1. The van der Waals surface area contributed by atoms with Crippen molar-refractivity contribution in [1.82, 2.24) is 14.7 Å². The summed E-state index contributed by atoms with van der Waals surface area (Å²) >= 11 is 0. The Labute approximate surface area is 139 Å². The van der Waals surface area contributed by atoms with E-state index in [0.717, 1.165) is 0 Å². The molecule has 3 amide bonds. The summed E-state index contributed by atoms with van der Waals surface area (Å²) in [5, 5.41) is 9.18. The van der Waals surface area contributed by atoms with E-state index >= 15 is 0 Å². The predicted octanol–water partition coefficient (Wildman–Crippen LogP) is 2.53. The molecule has 0 saturated carbocycles. The molecule has 2 N–H and O–H groups in total. The van der Waals surface area contributed by atoms with Gasteiger partial charge in [-0.15, -0.1) is 0 Å². The number of nitrogens with zero attached hydrogens (tertiary/aromatic N) is 3. The van der Waals surface area contributed by atoms with Crippen LogP contribution in [0.5, 0.6) is 0 Å². The van der Waals surface area contributed by atoms with Crippen molar-refractivity contribution in [3.05, 3.63) is 42.5 Å². The van der Waals surface area contributed by atoms with Gasteiger partial charge < -0.3 is 15.5 Å². The normalized spacial score (nSPS) is 10.3. The zero-order valence-electron chi connectivity index (χ0n) is 13.6. The number of aromatic nitrogens is 2. The summed E-state index contributed by atoms with van der Waals surface area (Å²) < 4.78 is 15.4. The molecule has 2 rings (SSSR count). The summed E-state index contributed by atoms with van der Waals surface area (Å²) in [6.07, 6.45) is 3.50. The fourth-order valence-corrected chi connectivity index (χ4v) is 2.15. The van der Waals surface area contributed by atoms with Crippen LogP contribution in [0.3, 0.4) is 0 Å². The average molecular weight is 333 g/mol. The van der Waals surface area contributed by atoms with Crippen molar-refractivity contribution in [2.45, 2.75) is 20.4 Å². The summed E-state index contributed by atoms with van der Waals surface area (Å²) in [6.45, 7) is 4.75. The van der Waals surface area contributed by atoms with Crippen LogP contribution in [0.1, 0.15) is 13.8 Å². The first kappa shape index (κ1) is 17.5. The number of anilines is 2. The Kier molecular flexibility index (Phi) is 5.89. The van der Waals surface area contributed by atoms with E-state index in [-0.39, 0.29) is 17.6 Å². The van der Waals surface area contributed by atoms with Crippen molar-refractivity contribution >= 4 is 23.3 Å². The number of hydrogen-bond donors (Lipinski definition) is 2. The fourth-order valence-electron chi connectivity index (χ4n) is 2.15. The second-order valence-electron chi connectivity index (χ2n) is 5.15. The number of nitrogens with one attached hydrogen (secondary N) is 2. The predicted molar refractivity (Wildman–Crippen MR) is 89.2 cm³/mol. The Balaban J connectivity index is 2.00. The smallest absolute Gasteiger partial charge is 0.321 e. The molecule has 1 heterocycles. The average Bonchev–Trinajstić information content (AvgIpc) is 3.04. The summed E-state index contributed by atoms with van der Waals surface area (Å²) in [6, 6.07) is 5.54. The van der Waals surface area contributed by atoms with E-state index in [2.05, 4.69) is 15.7 Å². The zero-order chi connectivity index (χ0) is 17.5. The lowest BCUT2D eigenvalue weighted by Gasteiger charge is -2.21. The van der Waals surface area contributed by atoms with Crippen LogP contribution in [0.4, 0.5) is 20.6 Å². The second-order valence-corrected chi connectivity index (χ2v) is 5.15. The van der Waals surface area contributed by atoms with Gasteiger partial charge in [0.05, 0.1) is 12.2 Å². The second kappa shape index (κ2) is 8.09. The van der Waals surface area contributed by atoms with Crippen LogP contribution in [0.2, 0.25) is 0 Å². The van der Waals surface area contributed by atoms with E-state index in [4.69, 9.17) is 0 Å². The third kappa shape index (κ3) is 4.80. The Bertz CT molecular complexity index is 702.